The van der Waals surface area contributed by atoms with Gasteiger partial charge in [0.05, 0.1) is 11.0 Å². The zero-order valence-electron chi connectivity index (χ0n) is 15.1. The molecule has 1 heterocycles. The van der Waals surface area contributed by atoms with Crippen LogP contribution >= 0.6 is 0 Å². The van der Waals surface area contributed by atoms with E-state index < -0.39 is 0 Å². The Hall–Kier alpha value is -3.71. The highest BCUT2D eigenvalue weighted by Crippen LogP contribution is 2.50. The molecular weight excluding hydrogens is 338 g/mol. The second-order valence-electron chi connectivity index (χ2n) is 7.61. The Morgan fingerprint density at radius 3 is 2.18 bits per heavy atom. The summed E-state index contributed by atoms with van der Waals surface area (Å²) in [6.07, 6.45) is 0. The van der Waals surface area contributed by atoms with Crippen molar-refractivity contribution in [2.75, 3.05) is 0 Å². The lowest BCUT2D eigenvalue weighted by Crippen LogP contribution is -1.87. The lowest BCUT2D eigenvalue weighted by atomic mass is 9.93. The van der Waals surface area contributed by atoms with Crippen LogP contribution in [0.4, 0.5) is 0 Å². The van der Waals surface area contributed by atoms with Crippen LogP contribution in [0.3, 0.4) is 0 Å². The Labute approximate surface area is 161 Å². The van der Waals surface area contributed by atoms with Gasteiger partial charge in [-0.1, -0.05) is 66.7 Å². The van der Waals surface area contributed by atoms with E-state index in [0.29, 0.717) is 0 Å². The molecule has 1 heteroatoms. The van der Waals surface area contributed by atoms with E-state index in [1.807, 2.05) is 0 Å². The number of nitrogens with zero attached hydrogens (tertiary/aromatic N) is 1. The molecule has 128 valence electrons. The third-order valence-electron chi connectivity index (χ3n) is 6.14. The van der Waals surface area contributed by atoms with Gasteiger partial charge < -0.3 is 0 Å². The lowest BCUT2D eigenvalue weighted by molar-refractivity contribution is 1.51. The smallest absolute Gasteiger partial charge is 0.0716 e. The van der Waals surface area contributed by atoms with E-state index in [-0.39, 0.29) is 0 Å². The Kier molecular flexibility index (Phi) is 2.54. The molecule has 0 saturated heterocycles. The normalized spacial score (nSPS) is 12.3. The molecule has 1 aliphatic carbocycles. The number of pyridine rings is 1. The van der Waals surface area contributed by atoms with Crippen LogP contribution in [-0.4, -0.2) is 4.98 Å². The summed E-state index contributed by atoms with van der Waals surface area (Å²) in [5, 5.41) is 7.69. The summed E-state index contributed by atoms with van der Waals surface area (Å²) in [5.74, 6) is 0. The monoisotopic (exact) mass is 353 g/mol. The van der Waals surface area contributed by atoms with Crippen molar-refractivity contribution in [2.45, 2.75) is 0 Å². The standard InChI is InChI=1S/C27H15N/c1-4-11-24-16(6-1)14-23-22-15-17-7-5-10-19-18-8-2-3-9-20(18)27(26(17)19)21(22)12-13-25(23)28-24/h1-15H. The maximum Gasteiger partial charge on any atom is 0.0716 e. The van der Waals surface area contributed by atoms with Crippen molar-refractivity contribution >= 4 is 43.4 Å². The first kappa shape index (κ1) is 14.4. The molecule has 28 heavy (non-hydrogen) atoms. The predicted molar refractivity (Wildman–Crippen MR) is 119 cm³/mol. The van der Waals surface area contributed by atoms with Crippen molar-refractivity contribution in [3.8, 4) is 22.3 Å². The van der Waals surface area contributed by atoms with Gasteiger partial charge in [0, 0.05) is 10.8 Å². The average Bonchev–Trinajstić information content (AvgIpc) is 3.09. The highest BCUT2D eigenvalue weighted by molar-refractivity contribution is 6.27. The topological polar surface area (TPSA) is 12.9 Å². The first-order chi connectivity index (χ1) is 13.9. The zero-order chi connectivity index (χ0) is 18.2. The highest BCUT2D eigenvalue weighted by Gasteiger charge is 2.23. The summed E-state index contributed by atoms with van der Waals surface area (Å²) in [6.45, 7) is 0. The van der Waals surface area contributed by atoms with Gasteiger partial charge in [0.15, 0.2) is 0 Å². The molecule has 0 N–H and O–H groups in total. The largest absolute Gasteiger partial charge is 0.248 e. The number of aromatic nitrogens is 1. The summed E-state index contributed by atoms with van der Waals surface area (Å²) in [4.78, 5) is 4.92. The van der Waals surface area contributed by atoms with Crippen LogP contribution in [0.2, 0.25) is 0 Å². The molecule has 0 radical (unpaired) electrons. The van der Waals surface area contributed by atoms with Gasteiger partial charge in [-0.15, -0.1) is 0 Å². The van der Waals surface area contributed by atoms with Gasteiger partial charge in [-0.2, -0.15) is 0 Å². The van der Waals surface area contributed by atoms with Gasteiger partial charge in [-0.05, 0) is 68.1 Å². The van der Waals surface area contributed by atoms with E-state index in [2.05, 4.69) is 91.0 Å². The van der Waals surface area contributed by atoms with Crippen molar-refractivity contribution in [1.29, 1.82) is 0 Å². The second kappa shape index (κ2) is 4.96. The molecule has 0 aliphatic heterocycles. The summed E-state index contributed by atoms with van der Waals surface area (Å²) in [6, 6.07) is 32.9. The van der Waals surface area contributed by atoms with Crippen LogP contribution in [0.5, 0.6) is 0 Å². The number of hydrogen-bond donors (Lipinski definition) is 0. The number of rotatable bonds is 0. The van der Waals surface area contributed by atoms with E-state index in [9.17, 15) is 0 Å². The third-order valence-corrected chi connectivity index (χ3v) is 6.14. The van der Waals surface area contributed by atoms with Gasteiger partial charge >= 0.3 is 0 Å². The summed E-state index contributed by atoms with van der Waals surface area (Å²) >= 11 is 0. The van der Waals surface area contributed by atoms with Crippen molar-refractivity contribution < 1.29 is 0 Å². The number of hydrogen-bond acceptors (Lipinski definition) is 1. The van der Waals surface area contributed by atoms with Gasteiger partial charge in [0.1, 0.15) is 0 Å². The zero-order valence-corrected chi connectivity index (χ0v) is 15.1. The minimum Gasteiger partial charge on any atom is -0.248 e. The Balaban J connectivity index is 1.74. The number of benzene rings is 5. The van der Waals surface area contributed by atoms with Crippen molar-refractivity contribution in [2.24, 2.45) is 0 Å². The quantitative estimate of drug-likeness (QED) is 0.205. The molecule has 6 aromatic rings. The average molecular weight is 353 g/mol. The molecule has 1 nitrogen and oxygen atoms in total. The van der Waals surface area contributed by atoms with Crippen LogP contribution < -0.4 is 0 Å². The van der Waals surface area contributed by atoms with E-state index in [1.165, 1.54) is 54.6 Å². The first-order valence-corrected chi connectivity index (χ1v) is 9.66. The molecule has 0 atom stereocenters. The van der Waals surface area contributed by atoms with Gasteiger partial charge in [0.25, 0.3) is 0 Å². The molecule has 0 spiro atoms. The molecular formula is C27H15N. The maximum absolute atomic E-state index is 4.92. The fraction of sp³-hybridized carbons (Fsp3) is 0. The Morgan fingerprint density at radius 1 is 0.464 bits per heavy atom. The van der Waals surface area contributed by atoms with E-state index >= 15 is 0 Å². The summed E-state index contributed by atoms with van der Waals surface area (Å²) in [5.41, 5.74) is 7.50. The van der Waals surface area contributed by atoms with E-state index in [0.717, 1.165) is 11.0 Å². The second-order valence-corrected chi connectivity index (χ2v) is 7.61. The van der Waals surface area contributed by atoms with Gasteiger partial charge in [-0.3, -0.25) is 0 Å². The minimum absolute atomic E-state index is 1.05. The fourth-order valence-electron chi connectivity index (χ4n) is 4.94. The number of para-hydroxylation sites is 1. The molecule has 0 amide bonds. The molecule has 0 saturated carbocycles. The van der Waals surface area contributed by atoms with Crippen LogP contribution in [0.1, 0.15) is 0 Å². The van der Waals surface area contributed by atoms with Crippen molar-refractivity contribution in [3.63, 3.8) is 0 Å². The molecule has 0 unspecified atom stereocenters. The van der Waals surface area contributed by atoms with Crippen LogP contribution in [0, 0.1) is 0 Å². The molecule has 0 bridgehead atoms. The Morgan fingerprint density at radius 2 is 1.21 bits per heavy atom. The van der Waals surface area contributed by atoms with Gasteiger partial charge in [-0.25, -0.2) is 4.98 Å². The van der Waals surface area contributed by atoms with Crippen molar-refractivity contribution in [3.05, 3.63) is 91.0 Å². The number of fused-ring (bicyclic) bond motifs is 8. The molecule has 5 aromatic carbocycles. The minimum atomic E-state index is 1.05. The first-order valence-electron chi connectivity index (χ1n) is 9.66. The van der Waals surface area contributed by atoms with Crippen LogP contribution in [0.25, 0.3) is 65.6 Å². The molecule has 7 rings (SSSR count). The molecule has 1 aliphatic rings. The highest BCUT2D eigenvalue weighted by atomic mass is 14.7. The SMILES string of the molecule is c1ccc2c(c1)-c1cccc3cc4c(ccc5nc6ccccc6cc54)c-2c13. The van der Waals surface area contributed by atoms with E-state index in [4.69, 9.17) is 4.98 Å². The third kappa shape index (κ3) is 1.69. The maximum atomic E-state index is 4.92. The Bertz CT molecular complexity index is 1610. The van der Waals surface area contributed by atoms with Gasteiger partial charge in [0.2, 0.25) is 0 Å². The lowest BCUT2D eigenvalue weighted by Gasteiger charge is -2.11. The van der Waals surface area contributed by atoms with Crippen molar-refractivity contribution in [1.82, 2.24) is 4.98 Å². The summed E-state index contributed by atoms with van der Waals surface area (Å²) < 4.78 is 0. The molecule has 0 fully saturated rings. The fourth-order valence-corrected chi connectivity index (χ4v) is 4.94. The van der Waals surface area contributed by atoms with Crippen LogP contribution in [-0.2, 0) is 0 Å². The van der Waals surface area contributed by atoms with Crippen LogP contribution in [0.15, 0.2) is 91.0 Å². The summed E-state index contributed by atoms with van der Waals surface area (Å²) in [7, 11) is 0. The molecule has 1 aromatic heterocycles. The van der Waals surface area contributed by atoms with E-state index in [1.54, 1.807) is 0 Å². The predicted octanol–water partition coefficient (Wildman–Crippen LogP) is 7.34.